The van der Waals surface area contributed by atoms with Gasteiger partial charge in [0.25, 0.3) is 5.91 Å². The van der Waals surface area contributed by atoms with Crippen LogP contribution in [0.1, 0.15) is 67.1 Å². The number of carbonyl (C=O) groups is 4. The molecule has 1 aliphatic rings. The quantitative estimate of drug-likeness (QED) is 0.329. The third kappa shape index (κ3) is 8.17. The fourth-order valence-corrected chi connectivity index (χ4v) is 5.29. The van der Waals surface area contributed by atoms with Crippen molar-refractivity contribution in [2.45, 2.75) is 71.4 Å². The molecule has 10 heteroatoms. The SMILES string of the molecule is C=C(N)CC(NC(=O)c1c(O)cc(C)cc1CC)C(=O)O.CC(=O)N1CCCC1(Cc1ccc(Br)cc1)C(C)=O. The fourth-order valence-electron chi connectivity index (χ4n) is 5.03. The summed E-state index contributed by atoms with van der Waals surface area (Å²) in [7, 11) is 0. The van der Waals surface area contributed by atoms with E-state index in [0.717, 1.165) is 28.4 Å². The van der Waals surface area contributed by atoms with E-state index in [1.54, 1.807) is 31.7 Å². The van der Waals surface area contributed by atoms with Gasteiger partial charge in [0, 0.05) is 36.5 Å². The molecule has 40 heavy (non-hydrogen) atoms. The van der Waals surface area contributed by atoms with Crippen LogP contribution in [0.25, 0.3) is 0 Å². The number of nitrogens with one attached hydrogen (secondary N) is 1. The maximum absolute atomic E-state index is 12.2. The van der Waals surface area contributed by atoms with Crippen molar-refractivity contribution in [2.24, 2.45) is 5.73 Å². The molecule has 5 N–H and O–H groups in total. The first-order valence-electron chi connectivity index (χ1n) is 13.0. The van der Waals surface area contributed by atoms with Gasteiger partial charge >= 0.3 is 5.97 Å². The summed E-state index contributed by atoms with van der Waals surface area (Å²) in [4.78, 5) is 49.0. The Morgan fingerprint density at radius 1 is 1.18 bits per heavy atom. The van der Waals surface area contributed by atoms with Crippen molar-refractivity contribution in [3.63, 3.8) is 0 Å². The second-order valence-electron chi connectivity index (χ2n) is 10.1. The summed E-state index contributed by atoms with van der Waals surface area (Å²) in [6.07, 6.45) is 2.73. The number of phenolic OH excluding ortho intramolecular Hbond substituents is 1. The number of aryl methyl sites for hydroxylation is 2. The standard InChI is InChI=1S/C15H18BrNO2.C15H20N2O4/c1-11(18)15(8-3-9-17(15)12(2)19)10-13-4-6-14(16)7-5-13;1-4-10-5-8(2)6-12(18)13(10)14(19)17-11(15(20)21)7-9(3)16/h4-7H,3,8-10H2,1-2H3;5-6,11,18H,3-4,7,16H2,1-2H3,(H,17,19)(H,20,21). The molecule has 3 rings (SSSR count). The highest BCUT2D eigenvalue weighted by atomic mass is 79.9. The normalized spacial score (nSPS) is 16.9. The molecule has 1 heterocycles. The molecule has 0 radical (unpaired) electrons. The topological polar surface area (TPSA) is 150 Å². The molecular formula is C30H38BrN3O6. The summed E-state index contributed by atoms with van der Waals surface area (Å²) in [6.45, 7) is 10.9. The lowest BCUT2D eigenvalue weighted by molar-refractivity contribution is -0.141. The number of benzene rings is 2. The number of amides is 2. The van der Waals surface area contributed by atoms with Gasteiger partial charge in [-0.2, -0.15) is 0 Å². The van der Waals surface area contributed by atoms with Crippen LogP contribution in [0, 0.1) is 6.92 Å². The van der Waals surface area contributed by atoms with Gasteiger partial charge in [0.05, 0.1) is 5.56 Å². The molecule has 1 fully saturated rings. The first-order chi connectivity index (χ1) is 18.7. The van der Waals surface area contributed by atoms with Crippen molar-refractivity contribution >= 4 is 39.5 Å². The lowest BCUT2D eigenvalue weighted by Crippen LogP contribution is -2.53. The molecule has 0 saturated carbocycles. The van der Waals surface area contributed by atoms with Crippen LogP contribution in [0.2, 0.25) is 0 Å². The Bertz CT molecular complexity index is 1280. The predicted octanol–water partition coefficient (Wildman–Crippen LogP) is 4.27. The summed E-state index contributed by atoms with van der Waals surface area (Å²) in [6, 6.07) is 10.0. The number of aromatic hydroxyl groups is 1. The van der Waals surface area contributed by atoms with Crippen molar-refractivity contribution in [2.75, 3.05) is 6.54 Å². The van der Waals surface area contributed by atoms with Gasteiger partial charge in [0.1, 0.15) is 17.3 Å². The highest BCUT2D eigenvalue weighted by molar-refractivity contribution is 9.10. The summed E-state index contributed by atoms with van der Waals surface area (Å²) in [5.74, 6) is -1.94. The number of hydrogen-bond donors (Lipinski definition) is 4. The Kier molecular flexibility index (Phi) is 11.5. The third-order valence-corrected chi connectivity index (χ3v) is 7.48. The van der Waals surface area contributed by atoms with Gasteiger partial charge in [0.2, 0.25) is 5.91 Å². The average Bonchev–Trinajstić information content (AvgIpc) is 3.30. The number of hydrogen-bond acceptors (Lipinski definition) is 6. The van der Waals surface area contributed by atoms with Crippen molar-refractivity contribution < 1.29 is 29.4 Å². The Morgan fingerprint density at radius 2 is 1.80 bits per heavy atom. The highest BCUT2D eigenvalue weighted by Crippen LogP contribution is 2.34. The van der Waals surface area contributed by atoms with Crippen molar-refractivity contribution in [3.8, 4) is 5.75 Å². The number of nitrogens with two attached hydrogens (primary N) is 1. The minimum atomic E-state index is -1.21. The van der Waals surface area contributed by atoms with Gasteiger partial charge in [-0.3, -0.25) is 14.4 Å². The van der Waals surface area contributed by atoms with E-state index in [-0.39, 0.29) is 35.1 Å². The van der Waals surface area contributed by atoms with E-state index in [2.05, 4.69) is 27.8 Å². The van der Waals surface area contributed by atoms with Crippen LogP contribution < -0.4 is 11.1 Å². The van der Waals surface area contributed by atoms with Gasteiger partial charge in [-0.15, -0.1) is 0 Å². The number of carboxylic acids is 1. The molecule has 0 spiro atoms. The number of carboxylic acid groups (broad SMARTS) is 1. The van der Waals surface area contributed by atoms with E-state index in [1.165, 1.54) is 6.07 Å². The van der Waals surface area contributed by atoms with Crippen LogP contribution in [-0.2, 0) is 27.2 Å². The lowest BCUT2D eigenvalue weighted by Gasteiger charge is -2.36. The average molecular weight is 617 g/mol. The number of phenols is 1. The van der Waals surface area contributed by atoms with Gasteiger partial charge < -0.3 is 26.2 Å². The number of ketones is 1. The van der Waals surface area contributed by atoms with E-state index in [1.807, 2.05) is 31.2 Å². The van der Waals surface area contributed by atoms with Gasteiger partial charge in [-0.1, -0.05) is 47.6 Å². The molecular weight excluding hydrogens is 578 g/mol. The highest BCUT2D eigenvalue weighted by Gasteiger charge is 2.46. The number of carbonyl (C=O) groups excluding carboxylic acids is 3. The van der Waals surface area contributed by atoms with Crippen molar-refractivity contribution in [1.29, 1.82) is 0 Å². The van der Waals surface area contributed by atoms with Gasteiger partial charge in [-0.05, 0) is 68.0 Å². The summed E-state index contributed by atoms with van der Waals surface area (Å²) in [5, 5.41) is 21.4. The van der Waals surface area contributed by atoms with E-state index >= 15 is 0 Å². The van der Waals surface area contributed by atoms with Crippen molar-refractivity contribution in [1.82, 2.24) is 10.2 Å². The largest absolute Gasteiger partial charge is 0.507 e. The number of likely N-dealkylation sites (tertiary alicyclic amines) is 1. The second-order valence-corrected chi connectivity index (χ2v) is 11.0. The number of nitrogens with zero attached hydrogens (tertiary/aromatic N) is 1. The number of Topliss-reactive ketones (excluding diaryl/α,β-unsaturated/α-hetero) is 1. The van der Waals surface area contributed by atoms with Crippen LogP contribution in [0.5, 0.6) is 5.75 Å². The lowest BCUT2D eigenvalue weighted by atomic mass is 9.84. The molecule has 2 atom stereocenters. The molecule has 2 unspecified atom stereocenters. The molecule has 216 valence electrons. The van der Waals surface area contributed by atoms with Crippen molar-refractivity contribution in [3.05, 3.63) is 75.4 Å². The molecule has 1 aliphatic heterocycles. The van der Waals surface area contributed by atoms with E-state index in [4.69, 9.17) is 10.8 Å². The summed E-state index contributed by atoms with van der Waals surface area (Å²) >= 11 is 3.40. The van der Waals surface area contributed by atoms with Gasteiger partial charge in [0.15, 0.2) is 5.78 Å². The smallest absolute Gasteiger partial charge is 0.326 e. The van der Waals surface area contributed by atoms with Crippen LogP contribution in [-0.4, -0.2) is 56.8 Å². The fraction of sp³-hybridized carbons (Fsp3) is 0.400. The molecule has 1 saturated heterocycles. The van der Waals surface area contributed by atoms with E-state index < -0.39 is 23.5 Å². The maximum Gasteiger partial charge on any atom is 0.326 e. The summed E-state index contributed by atoms with van der Waals surface area (Å²) < 4.78 is 1.02. The monoisotopic (exact) mass is 615 g/mol. The minimum absolute atomic E-state index is 0.00943. The van der Waals surface area contributed by atoms with E-state index in [0.29, 0.717) is 24.9 Å². The zero-order valence-electron chi connectivity index (χ0n) is 23.4. The van der Waals surface area contributed by atoms with Crippen LogP contribution in [0.3, 0.4) is 0 Å². The first-order valence-corrected chi connectivity index (χ1v) is 13.8. The third-order valence-electron chi connectivity index (χ3n) is 6.96. The van der Waals surface area contributed by atoms with Crippen LogP contribution >= 0.6 is 15.9 Å². The zero-order chi connectivity index (χ0) is 30.2. The van der Waals surface area contributed by atoms with E-state index in [9.17, 15) is 24.3 Å². The zero-order valence-corrected chi connectivity index (χ0v) is 25.0. The Balaban J connectivity index is 0.000000281. The summed E-state index contributed by atoms with van der Waals surface area (Å²) in [5.41, 5.74) is 7.57. The first kappa shape index (κ1) is 32.6. The minimum Gasteiger partial charge on any atom is -0.507 e. The van der Waals surface area contributed by atoms with Crippen LogP contribution in [0.15, 0.2) is 53.1 Å². The molecule has 0 aromatic heterocycles. The predicted molar refractivity (Wildman–Crippen MR) is 157 cm³/mol. The maximum atomic E-state index is 12.2. The molecule has 0 bridgehead atoms. The van der Waals surface area contributed by atoms with Gasteiger partial charge in [-0.25, -0.2) is 4.79 Å². The molecule has 2 amide bonds. The molecule has 0 aliphatic carbocycles. The second kappa shape index (κ2) is 14.1. The Labute approximate surface area is 243 Å². The molecule has 2 aromatic carbocycles. The Hall–Kier alpha value is -3.66. The number of aliphatic carboxylic acids is 1. The molecule has 2 aromatic rings. The number of halogens is 1. The van der Waals surface area contributed by atoms with Crippen LogP contribution in [0.4, 0.5) is 0 Å². The Morgan fingerprint density at radius 3 is 2.30 bits per heavy atom. The number of rotatable bonds is 9. The molecule has 9 nitrogen and oxygen atoms in total.